The van der Waals surface area contributed by atoms with Crippen molar-refractivity contribution in [2.24, 2.45) is 11.7 Å². The van der Waals surface area contributed by atoms with Crippen molar-refractivity contribution in [1.29, 1.82) is 0 Å². The number of rotatable bonds is 3. The summed E-state index contributed by atoms with van der Waals surface area (Å²) in [5.41, 5.74) is 6.04. The zero-order valence-electron chi connectivity index (χ0n) is 11.8. The zero-order valence-corrected chi connectivity index (χ0v) is 11.8. The fraction of sp³-hybridized carbons (Fsp3) is 0.933. The molecule has 2 heterocycles. The largest absolute Gasteiger partial charge is 0.353 e. The van der Waals surface area contributed by atoms with Crippen LogP contribution in [-0.2, 0) is 4.79 Å². The number of piperidine rings is 1. The van der Waals surface area contributed by atoms with Crippen LogP contribution in [-0.4, -0.2) is 42.0 Å². The van der Waals surface area contributed by atoms with E-state index in [1.165, 1.54) is 32.4 Å². The first kappa shape index (κ1) is 13.4. The van der Waals surface area contributed by atoms with Crippen molar-refractivity contribution in [3.05, 3.63) is 0 Å². The van der Waals surface area contributed by atoms with Crippen LogP contribution in [0, 0.1) is 5.92 Å². The third-order valence-corrected chi connectivity index (χ3v) is 5.35. The smallest absolute Gasteiger partial charge is 0.220 e. The molecule has 0 aromatic heterocycles. The van der Waals surface area contributed by atoms with E-state index in [-0.39, 0.29) is 11.9 Å². The second-order valence-corrected chi connectivity index (χ2v) is 6.68. The topological polar surface area (TPSA) is 58.4 Å². The lowest BCUT2D eigenvalue weighted by atomic mass is 9.96. The van der Waals surface area contributed by atoms with Gasteiger partial charge in [0.25, 0.3) is 0 Å². The van der Waals surface area contributed by atoms with Gasteiger partial charge in [-0.25, -0.2) is 0 Å². The number of carbonyl (C=O) groups excluding carboxylic acids is 1. The van der Waals surface area contributed by atoms with Crippen LogP contribution >= 0.6 is 0 Å². The zero-order chi connectivity index (χ0) is 13.2. The molecular formula is C15H27N3O. The molecule has 3 N–H and O–H groups in total. The minimum Gasteiger partial charge on any atom is -0.353 e. The highest BCUT2D eigenvalue weighted by atomic mass is 16.1. The Bertz CT molecular complexity index is 333. The lowest BCUT2D eigenvalue weighted by Gasteiger charge is -2.35. The number of hydrogen-bond acceptors (Lipinski definition) is 3. The molecule has 108 valence electrons. The van der Waals surface area contributed by atoms with Gasteiger partial charge in [-0.3, -0.25) is 4.79 Å². The molecule has 3 rings (SSSR count). The molecule has 0 bridgehead atoms. The number of nitrogens with one attached hydrogen (secondary N) is 1. The summed E-state index contributed by atoms with van der Waals surface area (Å²) >= 11 is 0. The molecule has 0 aromatic carbocycles. The first-order valence-corrected chi connectivity index (χ1v) is 8.01. The van der Waals surface area contributed by atoms with Crippen molar-refractivity contribution in [2.75, 3.05) is 13.1 Å². The number of nitrogens with two attached hydrogens (primary N) is 1. The van der Waals surface area contributed by atoms with E-state index in [1.54, 1.807) is 0 Å². The Labute approximate surface area is 116 Å². The van der Waals surface area contributed by atoms with Crippen LogP contribution in [0.15, 0.2) is 0 Å². The number of fused-ring (bicyclic) bond motifs is 1. The van der Waals surface area contributed by atoms with Crippen LogP contribution < -0.4 is 11.1 Å². The van der Waals surface area contributed by atoms with Gasteiger partial charge in [0.1, 0.15) is 0 Å². The molecule has 2 aliphatic heterocycles. The third kappa shape index (κ3) is 3.11. The van der Waals surface area contributed by atoms with Crippen LogP contribution in [0.2, 0.25) is 0 Å². The van der Waals surface area contributed by atoms with Gasteiger partial charge in [-0.15, -0.1) is 0 Å². The normalized spacial score (nSPS) is 39.2. The van der Waals surface area contributed by atoms with Crippen LogP contribution in [0.3, 0.4) is 0 Å². The monoisotopic (exact) mass is 265 g/mol. The number of nitrogens with zero attached hydrogens (tertiary/aromatic N) is 1. The number of hydrogen-bond donors (Lipinski definition) is 2. The van der Waals surface area contributed by atoms with Gasteiger partial charge in [0.05, 0.1) is 0 Å². The minimum atomic E-state index is 0.235. The molecule has 3 fully saturated rings. The highest BCUT2D eigenvalue weighted by Crippen LogP contribution is 2.28. The van der Waals surface area contributed by atoms with E-state index >= 15 is 0 Å². The molecule has 0 radical (unpaired) electrons. The highest BCUT2D eigenvalue weighted by molar-refractivity contribution is 5.76. The standard InChI is InChI=1S/C15H27N3O/c16-14-5-1-3-11(14)9-15(19)17-12-6-8-18-7-2-4-13(18)10-12/h11-14H,1-10,16H2,(H,17,19)/t11-,12?,13?,14+/m0/s1. The second-order valence-electron chi connectivity index (χ2n) is 6.68. The average Bonchev–Trinajstić information content (AvgIpc) is 2.98. The second kappa shape index (κ2) is 5.80. The third-order valence-electron chi connectivity index (χ3n) is 5.35. The Balaban J connectivity index is 1.44. The quantitative estimate of drug-likeness (QED) is 0.807. The van der Waals surface area contributed by atoms with E-state index in [1.807, 2.05) is 0 Å². The number of amides is 1. The molecule has 1 amide bonds. The lowest BCUT2D eigenvalue weighted by molar-refractivity contribution is -0.123. The Morgan fingerprint density at radius 2 is 2.05 bits per heavy atom. The minimum absolute atomic E-state index is 0.235. The van der Waals surface area contributed by atoms with Crippen LogP contribution in [0.25, 0.3) is 0 Å². The van der Waals surface area contributed by atoms with Crippen LogP contribution in [0.5, 0.6) is 0 Å². The molecule has 19 heavy (non-hydrogen) atoms. The first-order chi connectivity index (χ1) is 9.22. The first-order valence-electron chi connectivity index (χ1n) is 8.01. The summed E-state index contributed by atoms with van der Waals surface area (Å²) in [5, 5.41) is 3.26. The van der Waals surface area contributed by atoms with Crippen molar-refractivity contribution in [1.82, 2.24) is 10.2 Å². The van der Waals surface area contributed by atoms with E-state index in [9.17, 15) is 4.79 Å². The predicted octanol–water partition coefficient (Wildman–Crippen LogP) is 1.25. The molecule has 4 nitrogen and oxygen atoms in total. The van der Waals surface area contributed by atoms with E-state index in [0.29, 0.717) is 18.4 Å². The van der Waals surface area contributed by atoms with Crippen molar-refractivity contribution < 1.29 is 4.79 Å². The van der Waals surface area contributed by atoms with Crippen molar-refractivity contribution >= 4 is 5.91 Å². The fourth-order valence-electron chi connectivity index (χ4n) is 4.20. The van der Waals surface area contributed by atoms with E-state index < -0.39 is 0 Å². The molecule has 1 saturated carbocycles. The lowest BCUT2D eigenvalue weighted by Crippen LogP contribution is -2.47. The van der Waals surface area contributed by atoms with E-state index in [2.05, 4.69) is 10.2 Å². The fourth-order valence-corrected chi connectivity index (χ4v) is 4.20. The van der Waals surface area contributed by atoms with Crippen LogP contribution in [0.1, 0.15) is 51.4 Å². The maximum atomic E-state index is 12.1. The summed E-state index contributed by atoms with van der Waals surface area (Å²) < 4.78 is 0. The number of carbonyl (C=O) groups is 1. The average molecular weight is 265 g/mol. The summed E-state index contributed by atoms with van der Waals surface area (Å²) in [6.45, 7) is 2.43. The summed E-state index contributed by atoms with van der Waals surface area (Å²) in [7, 11) is 0. The van der Waals surface area contributed by atoms with E-state index in [4.69, 9.17) is 5.73 Å². The molecule has 4 atom stereocenters. The molecule has 2 unspecified atom stereocenters. The van der Waals surface area contributed by atoms with Crippen molar-refractivity contribution in [2.45, 2.75) is 69.5 Å². The molecule has 2 saturated heterocycles. The molecule has 0 aromatic rings. The molecule has 1 aliphatic carbocycles. The molecule has 4 heteroatoms. The summed E-state index contributed by atoms with van der Waals surface area (Å²) in [5.74, 6) is 0.658. The maximum absolute atomic E-state index is 12.1. The van der Waals surface area contributed by atoms with Gasteiger partial charge >= 0.3 is 0 Å². The maximum Gasteiger partial charge on any atom is 0.220 e. The molecular weight excluding hydrogens is 238 g/mol. The van der Waals surface area contributed by atoms with E-state index in [0.717, 1.165) is 31.7 Å². The van der Waals surface area contributed by atoms with Gasteiger partial charge in [-0.1, -0.05) is 6.42 Å². The Hall–Kier alpha value is -0.610. The predicted molar refractivity (Wildman–Crippen MR) is 75.7 cm³/mol. The van der Waals surface area contributed by atoms with Gasteiger partial charge < -0.3 is 16.0 Å². The van der Waals surface area contributed by atoms with Gasteiger partial charge in [0.2, 0.25) is 5.91 Å². The Morgan fingerprint density at radius 3 is 2.84 bits per heavy atom. The summed E-state index contributed by atoms with van der Waals surface area (Å²) in [6.07, 6.45) is 9.00. The van der Waals surface area contributed by atoms with Crippen molar-refractivity contribution in [3.8, 4) is 0 Å². The Kier molecular flexibility index (Phi) is 4.08. The molecule has 0 spiro atoms. The summed E-state index contributed by atoms with van der Waals surface area (Å²) in [6, 6.07) is 1.39. The SMILES string of the molecule is N[C@@H]1CCC[C@H]1CC(=O)NC1CCN2CCCC2C1. The van der Waals surface area contributed by atoms with Gasteiger partial charge in [0.15, 0.2) is 0 Å². The van der Waals surface area contributed by atoms with Gasteiger partial charge in [-0.05, 0) is 51.0 Å². The summed E-state index contributed by atoms with van der Waals surface area (Å²) in [4.78, 5) is 14.7. The highest BCUT2D eigenvalue weighted by Gasteiger charge is 2.33. The van der Waals surface area contributed by atoms with Crippen LogP contribution in [0.4, 0.5) is 0 Å². The molecule has 3 aliphatic rings. The van der Waals surface area contributed by atoms with Gasteiger partial charge in [0, 0.05) is 31.1 Å². The van der Waals surface area contributed by atoms with Crippen molar-refractivity contribution in [3.63, 3.8) is 0 Å². The van der Waals surface area contributed by atoms with Gasteiger partial charge in [-0.2, -0.15) is 0 Å². The Morgan fingerprint density at radius 1 is 1.16 bits per heavy atom.